The fourth-order valence-corrected chi connectivity index (χ4v) is 2.24. The van der Waals surface area contributed by atoms with Crippen LogP contribution in [0.2, 0.25) is 0 Å². The number of aryl methyl sites for hydroxylation is 1. The summed E-state index contributed by atoms with van der Waals surface area (Å²) in [7, 11) is 0. The van der Waals surface area contributed by atoms with E-state index in [2.05, 4.69) is 30.4 Å². The molecule has 1 aromatic carbocycles. The monoisotopic (exact) mass is 260 g/mol. The lowest BCUT2D eigenvalue weighted by molar-refractivity contribution is 0.180. The Morgan fingerprint density at radius 3 is 2.74 bits per heavy atom. The zero-order chi connectivity index (χ0) is 14.3. The number of nitriles is 1. The molecule has 3 nitrogen and oxygen atoms in total. The molecule has 1 N–H and O–H groups in total. The van der Waals surface area contributed by atoms with Crippen LogP contribution in [0.4, 0.5) is 0 Å². The van der Waals surface area contributed by atoms with Gasteiger partial charge in [-0.05, 0) is 44.5 Å². The first kappa shape index (κ1) is 15.5. The van der Waals surface area contributed by atoms with Crippen LogP contribution in [0, 0.1) is 11.3 Å². The quantitative estimate of drug-likeness (QED) is 0.818. The molecule has 0 saturated heterocycles. The summed E-state index contributed by atoms with van der Waals surface area (Å²) >= 11 is 0. The molecule has 2 atom stereocenters. The zero-order valence-corrected chi connectivity index (χ0v) is 12.4. The normalized spacial score (nSPS) is 15.3. The van der Waals surface area contributed by atoms with Crippen LogP contribution in [0.3, 0.4) is 0 Å². The summed E-state index contributed by atoms with van der Waals surface area (Å²) in [6, 6.07) is 10.5. The summed E-state index contributed by atoms with van der Waals surface area (Å²) in [5, 5.41) is 12.5. The number of nitrogens with one attached hydrogen (secondary N) is 1. The largest absolute Gasteiger partial charge is 0.491 e. The molecule has 104 valence electrons. The number of nitrogens with zero attached hydrogens (tertiary/aromatic N) is 1. The van der Waals surface area contributed by atoms with Gasteiger partial charge in [-0.3, -0.25) is 5.32 Å². The lowest BCUT2D eigenvalue weighted by Gasteiger charge is -2.26. The molecule has 0 heterocycles. The average Bonchev–Trinajstić information content (AvgIpc) is 2.39. The minimum Gasteiger partial charge on any atom is -0.491 e. The topological polar surface area (TPSA) is 45.0 Å². The SMILES string of the molecule is CCNC(C)(C#N)CC(C)Oc1cccc(CC)c1. The highest BCUT2D eigenvalue weighted by molar-refractivity contribution is 5.28. The van der Waals surface area contributed by atoms with Gasteiger partial charge >= 0.3 is 0 Å². The maximum absolute atomic E-state index is 9.25. The fraction of sp³-hybridized carbons (Fsp3) is 0.562. The predicted molar refractivity (Wildman–Crippen MR) is 78.2 cm³/mol. The summed E-state index contributed by atoms with van der Waals surface area (Å²) < 4.78 is 5.91. The van der Waals surface area contributed by atoms with E-state index in [1.165, 1.54) is 5.56 Å². The first-order chi connectivity index (χ1) is 9.03. The Morgan fingerprint density at radius 2 is 2.16 bits per heavy atom. The molecule has 1 rings (SSSR count). The van der Waals surface area contributed by atoms with Crippen molar-refractivity contribution in [3.05, 3.63) is 29.8 Å². The van der Waals surface area contributed by atoms with Crippen LogP contribution in [-0.2, 0) is 6.42 Å². The van der Waals surface area contributed by atoms with Crippen molar-refractivity contribution in [1.29, 1.82) is 5.26 Å². The highest BCUT2D eigenvalue weighted by Gasteiger charge is 2.26. The molecular formula is C16H24N2O. The van der Waals surface area contributed by atoms with Crippen molar-refractivity contribution in [3.8, 4) is 11.8 Å². The second kappa shape index (κ2) is 7.16. The van der Waals surface area contributed by atoms with E-state index in [-0.39, 0.29) is 6.10 Å². The predicted octanol–water partition coefficient (Wildman–Crippen LogP) is 3.30. The smallest absolute Gasteiger partial charge is 0.119 e. The van der Waals surface area contributed by atoms with Crippen molar-refractivity contribution in [2.24, 2.45) is 0 Å². The van der Waals surface area contributed by atoms with Gasteiger partial charge in [0.2, 0.25) is 0 Å². The molecule has 0 aliphatic heterocycles. The van der Waals surface area contributed by atoms with E-state index < -0.39 is 5.54 Å². The Kier molecular flexibility index (Phi) is 5.85. The van der Waals surface area contributed by atoms with Gasteiger partial charge in [0.15, 0.2) is 0 Å². The van der Waals surface area contributed by atoms with Crippen molar-refractivity contribution in [3.63, 3.8) is 0 Å². The molecule has 2 unspecified atom stereocenters. The highest BCUT2D eigenvalue weighted by Crippen LogP contribution is 2.19. The van der Waals surface area contributed by atoms with Gasteiger partial charge in [0.25, 0.3) is 0 Å². The number of rotatable bonds is 7. The molecule has 0 bridgehead atoms. The van der Waals surface area contributed by atoms with Gasteiger partial charge in [0, 0.05) is 6.42 Å². The molecule has 0 aliphatic rings. The summed E-state index contributed by atoms with van der Waals surface area (Å²) in [5.41, 5.74) is 0.732. The molecule has 0 radical (unpaired) electrons. The van der Waals surface area contributed by atoms with Gasteiger partial charge in [-0.25, -0.2) is 0 Å². The van der Waals surface area contributed by atoms with Gasteiger partial charge in [0.05, 0.1) is 12.2 Å². The number of ether oxygens (including phenoxy) is 1. The van der Waals surface area contributed by atoms with Gasteiger partial charge in [-0.15, -0.1) is 0 Å². The summed E-state index contributed by atoms with van der Waals surface area (Å²) in [6.07, 6.45) is 1.66. The Morgan fingerprint density at radius 1 is 1.42 bits per heavy atom. The lowest BCUT2D eigenvalue weighted by atomic mass is 9.96. The third-order valence-corrected chi connectivity index (χ3v) is 3.15. The molecule has 0 spiro atoms. The van der Waals surface area contributed by atoms with Crippen LogP contribution in [0.5, 0.6) is 5.75 Å². The van der Waals surface area contributed by atoms with E-state index in [0.717, 1.165) is 18.7 Å². The van der Waals surface area contributed by atoms with Crippen molar-refractivity contribution < 1.29 is 4.74 Å². The van der Waals surface area contributed by atoms with Crippen LogP contribution in [0.15, 0.2) is 24.3 Å². The standard InChI is InChI=1S/C16H24N2O/c1-5-14-8-7-9-15(10-14)19-13(3)11-16(4,12-17)18-6-2/h7-10,13,18H,5-6,11H2,1-4H3. The second-order valence-corrected chi connectivity index (χ2v) is 5.11. The van der Waals surface area contributed by atoms with E-state index in [4.69, 9.17) is 4.74 Å². The molecule has 19 heavy (non-hydrogen) atoms. The lowest BCUT2D eigenvalue weighted by Crippen LogP contribution is -2.44. The average molecular weight is 260 g/mol. The maximum atomic E-state index is 9.25. The van der Waals surface area contributed by atoms with Gasteiger partial charge < -0.3 is 4.74 Å². The first-order valence-corrected chi connectivity index (χ1v) is 6.95. The molecule has 0 saturated carbocycles. The Hall–Kier alpha value is -1.53. The van der Waals surface area contributed by atoms with Crippen molar-refractivity contribution >= 4 is 0 Å². The third-order valence-electron chi connectivity index (χ3n) is 3.15. The Labute approximate surface area is 116 Å². The summed E-state index contributed by atoms with van der Waals surface area (Å²) in [4.78, 5) is 0. The van der Waals surface area contributed by atoms with E-state index >= 15 is 0 Å². The second-order valence-electron chi connectivity index (χ2n) is 5.11. The molecule has 0 fully saturated rings. The minimum absolute atomic E-state index is 0.00388. The number of hydrogen-bond acceptors (Lipinski definition) is 3. The molecular weight excluding hydrogens is 236 g/mol. The first-order valence-electron chi connectivity index (χ1n) is 6.95. The van der Waals surface area contributed by atoms with Crippen LogP contribution in [0.25, 0.3) is 0 Å². The van der Waals surface area contributed by atoms with E-state index in [9.17, 15) is 5.26 Å². The molecule has 0 amide bonds. The van der Waals surface area contributed by atoms with E-state index in [1.807, 2.05) is 32.9 Å². The van der Waals surface area contributed by atoms with Crippen LogP contribution < -0.4 is 10.1 Å². The fourth-order valence-electron chi connectivity index (χ4n) is 2.24. The Balaban J connectivity index is 2.64. The van der Waals surface area contributed by atoms with Gasteiger partial charge in [0.1, 0.15) is 11.3 Å². The van der Waals surface area contributed by atoms with E-state index in [1.54, 1.807) is 0 Å². The van der Waals surface area contributed by atoms with Gasteiger partial charge in [-0.1, -0.05) is 26.0 Å². The third kappa shape index (κ3) is 4.92. The summed E-state index contributed by atoms with van der Waals surface area (Å²) in [5.74, 6) is 0.878. The van der Waals surface area contributed by atoms with Crippen LogP contribution >= 0.6 is 0 Å². The zero-order valence-electron chi connectivity index (χ0n) is 12.4. The summed E-state index contributed by atoms with van der Waals surface area (Å²) in [6.45, 7) is 8.83. The molecule has 0 aliphatic carbocycles. The van der Waals surface area contributed by atoms with E-state index in [0.29, 0.717) is 6.42 Å². The Bertz CT molecular complexity index is 439. The van der Waals surface area contributed by atoms with Crippen molar-refractivity contribution in [2.75, 3.05) is 6.54 Å². The minimum atomic E-state index is -0.531. The van der Waals surface area contributed by atoms with Gasteiger partial charge in [-0.2, -0.15) is 5.26 Å². The molecule has 1 aromatic rings. The molecule has 0 aromatic heterocycles. The number of benzene rings is 1. The van der Waals surface area contributed by atoms with Crippen LogP contribution in [0.1, 0.15) is 39.7 Å². The highest BCUT2D eigenvalue weighted by atomic mass is 16.5. The molecule has 3 heteroatoms. The maximum Gasteiger partial charge on any atom is 0.119 e. The van der Waals surface area contributed by atoms with Crippen molar-refractivity contribution in [1.82, 2.24) is 5.32 Å². The van der Waals surface area contributed by atoms with Crippen LogP contribution in [-0.4, -0.2) is 18.2 Å². The number of hydrogen-bond donors (Lipinski definition) is 1. The van der Waals surface area contributed by atoms with Crippen molar-refractivity contribution in [2.45, 2.75) is 52.2 Å².